The molecular weight excluding hydrogens is 388 g/mol. The minimum absolute atomic E-state index is 0.162. The molecule has 0 unspecified atom stereocenters. The zero-order chi connectivity index (χ0) is 21.2. The number of rotatable bonds is 12. The van der Waals surface area contributed by atoms with Crippen LogP contribution in [0.2, 0.25) is 0 Å². The smallest absolute Gasteiger partial charge is 0.335 e. The molecule has 1 aromatic rings. The van der Waals surface area contributed by atoms with Gasteiger partial charge in [-0.15, -0.1) is 0 Å². The van der Waals surface area contributed by atoms with Crippen molar-refractivity contribution in [3.63, 3.8) is 0 Å². The third kappa shape index (κ3) is 7.65. The lowest BCUT2D eigenvalue weighted by molar-refractivity contribution is -0.151. The van der Waals surface area contributed by atoms with Gasteiger partial charge in [-0.1, -0.05) is 19.9 Å². The molecule has 0 aliphatic heterocycles. The summed E-state index contributed by atoms with van der Waals surface area (Å²) in [5.41, 5.74) is -0.162. The van der Waals surface area contributed by atoms with Crippen molar-refractivity contribution < 1.29 is 32.6 Å². The molecule has 1 aromatic carbocycles. The van der Waals surface area contributed by atoms with Gasteiger partial charge < -0.3 is 14.7 Å². The highest BCUT2D eigenvalue weighted by molar-refractivity contribution is 7.89. The fraction of sp³-hybridized carbons (Fsp3) is 0.500. The summed E-state index contributed by atoms with van der Waals surface area (Å²) >= 11 is 0. The second kappa shape index (κ2) is 11.4. The molecule has 0 aliphatic carbocycles. The van der Waals surface area contributed by atoms with Gasteiger partial charge in [0, 0.05) is 19.6 Å². The molecule has 0 aliphatic rings. The van der Waals surface area contributed by atoms with Crippen LogP contribution in [0.4, 0.5) is 0 Å². The molecule has 1 rings (SSSR count). The predicted molar refractivity (Wildman–Crippen MR) is 101 cm³/mol. The SMILES string of the molecule is CCCN(CCC)C(=O)COC(=O)CCNS(=O)(=O)c1cccc(C(=O)O)c1. The van der Waals surface area contributed by atoms with E-state index in [-0.39, 0.29) is 35.9 Å². The minimum Gasteiger partial charge on any atom is -0.478 e. The number of nitrogens with one attached hydrogen (secondary N) is 1. The van der Waals surface area contributed by atoms with Gasteiger partial charge in [0.25, 0.3) is 5.91 Å². The second-order valence-electron chi connectivity index (χ2n) is 6.02. The topological polar surface area (TPSA) is 130 Å². The first-order valence-electron chi connectivity index (χ1n) is 8.97. The maximum atomic E-state index is 12.2. The number of carbonyl (C=O) groups excluding carboxylic acids is 2. The van der Waals surface area contributed by atoms with Crippen LogP contribution >= 0.6 is 0 Å². The van der Waals surface area contributed by atoms with E-state index in [0.717, 1.165) is 18.9 Å². The summed E-state index contributed by atoms with van der Waals surface area (Å²) in [6.45, 7) is 4.44. The van der Waals surface area contributed by atoms with Crippen molar-refractivity contribution >= 4 is 27.9 Å². The average molecular weight is 414 g/mol. The zero-order valence-electron chi connectivity index (χ0n) is 16.0. The molecule has 0 heterocycles. The highest BCUT2D eigenvalue weighted by atomic mass is 32.2. The molecule has 0 saturated heterocycles. The first kappa shape index (κ1) is 23.6. The number of ether oxygens (including phenoxy) is 1. The Bertz CT molecular complexity index is 787. The highest BCUT2D eigenvalue weighted by Crippen LogP contribution is 2.11. The number of carboxylic acids is 1. The average Bonchev–Trinajstić information content (AvgIpc) is 2.66. The zero-order valence-corrected chi connectivity index (χ0v) is 16.8. The Hall–Kier alpha value is -2.46. The number of esters is 1. The number of nitrogens with zero attached hydrogens (tertiary/aromatic N) is 1. The summed E-state index contributed by atoms with van der Waals surface area (Å²) < 4.78 is 31.5. The van der Waals surface area contributed by atoms with E-state index in [2.05, 4.69) is 4.72 Å². The van der Waals surface area contributed by atoms with Gasteiger partial charge in [-0.25, -0.2) is 17.9 Å². The number of amides is 1. The molecule has 0 fully saturated rings. The highest BCUT2D eigenvalue weighted by Gasteiger charge is 2.18. The van der Waals surface area contributed by atoms with Crippen molar-refractivity contribution in [3.05, 3.63) is 29.8 Å². The Morgan fingerprint density at radius 1 is 1.14 bits per heavy atom. The number of benzene rings is 1. The van der Waals surface area contributed by atoms with Gasteiger partial charge in [0.1, 0.15) is 0 Å². The van der Waals surface area contributed by atoms with Crippen molar-refractivity contribution in [1.29, 1.82) is 0 Å². The van der Waals surface area contributed by atoms with Gasteiger partial charge in [0.15, 0.2) is 6.61 Å². The van der Waals surface area contributed by atoms with Crippen molar-refractivity contribution in [1.82, 2.24) is 9.62 Å². The standard InChI is InChI=1S/C18H26N2O7S/c1-3-10-20(11-4-2)16(21)13-27-17(22)8-9-19-28(25,26)15-7-5-6-14(12-15)18(23)24/h5-7,12,19H,3-4,8-11,13H2,1-2H3,(H,23,24). The number of hydrogen-bond acceptors (Lipinski definition) is 6. The second-order valence-corrected chi connectivity index (χ2v) is 7.79. The van der Waals surface area contributed by atoms with Crippen molar-refractivity contribution in [2.24, 2.45) is 0 Å². The van der Waals surface area contributed by atoms with Crippen LogP contribution in [0.25, 0.3) is 0 Å². The summed E-state index contributed by atoms with van der Waals surface area (Å²) in [6.07, 6.45) is 1.34. The molecule has 0 spiro atoms. The van der Waals surface area contributed by atoms with E-state index in [1.165, 1.54) is 18.2 Å². The molecule has 0 saturated carbocycles. The van der Waals surface area contributed by atoms with Crippen molar-refractivity contribution in [3.8, 4) is 0 Å². The van der Waals surface area contributed by atoms with E-state index in [0.29, 0.717) is 13.1 Å². The maximum absolute atomic E-state index is 12.2. The largest absolute Gasteiger partial charge is 0.478 e. The van der Waals surface area contributed by atoms with Gasteiger partial charge in [-0.2, -0.15) is 0 Å². The number of hydrogen-bond donors (Lipinski definition) is 2. The summed E-state index contributed by atoms with van der Waals surface area (Å²) in [5, 5.41) is 8.93. The van der Waals surface area contributed by atoms with Gasteiger partial charge in [-0.3, -0.25) is 9.59 Å². The Morgan fingerprint density at radius 3 is 2.36 bits per heavy atom. The normalized spacial score (nSPS) is 11.1. The molecule has 10 heteroatoms. The van der Waals surface area contributed by atoms with Crippen LogP contribution in [0.3, 0.4) is 0 Å². The van der Waals surface area contributed by atoms with Crippen molar-refractivity contribution in [2.45, 2.75) is 38.0 Å². The molecule has 156 valence electrons. The van der Waals surface area contributed by atoms with Crippen LogP contribution in [0.1, 0.15) is 43.5 Å². The molecule has 28 heavy (non-hydrogen) atoms. The number of sulfonamides is 1. The lowest BCUT2D eigenvalue weighted by Crippen LogP contribution is -2.36. The molecule has 0 aromatic heterocycles. The molecular formula is C18H26N2O7S. The Morgan fingerprint density at radius 2 is 1.79 bits per heavy atom. The molecule has 2 N–H and O–H groups in total. The lowest BCUT2D eigenvalue weighted by Gasteiger charge is -2.21. The first-order chi connectivity index (χ1) is 13.2. The summed E-state index contributed by atoms with van der Waals surface area (Å²) in [6, 6.07) is 4.87. The summed E-state index contributed by atoms with van der Waals surface area (Å²) in [7, 11) is -3.97. The van der Waals surface area contributed by atoms with Crippen LogP contribution in [0.5, 0.6) is 0 Å². The minimum atomic E-state index is -3.97. The van der Waals surface area contributed by atoms with E-state index in [9.17, 15) is 22.8 Å². The van der Waals surface area contributed by atoms with Gasteiger partial charge >= 0.3 is 11.9 Å². The quantitative estimate of drug-likeness (QED) is 0.492. The molecule has 0 radical (unpaired) electrons. The van der Waals surface area contributed by atoms with Crippen LogP contribution in [-0.2, 0) is 24.3 Å². The molecule has 0 bridgehead atoms. The Labute approximate surface area is 164 Å². The van der Waals surface area contributed by atoms with Crippen LogP contribution < -0.4 is 4.72 Å². The monoisotopic (exact) mass is 414 g/mol. The Kier molecular flexibility index (Phi) is 9.60. The van der Waals surface area contributed by atoms with Gasteiger partial charge in [-0.05, 0) is 31.0 Å². The number of carbonyl (C=O) groups is 3. The van der Waals surface area contributed by atoms with Crippen LogP contribution in [-0.4, -0.2) is 62.5 Å². The van der Waals surface area contributed by atoms with Gasteiger partial charge in [0.05, 0.1) is 16.9 Å². The van der Waals surface area contributed by atoms with E-state index in [1.54, 1.807) is 4.90 Å². The van der Waals surface area contributed by atoms with Crippen molar-refractivity contribution in [2.75, 3.05) is 26.2 Å². The summed E-state index contributed by atoms with van der Waals surface area (Å²) in [5.74, 6) is -2.24. The van der Waals surface area contributed by atoms with Crippen LogP contribution in [0.15, 0.2) is 29.2 Å². The fourth-order valence-electron chi connectivity index (χ4n) is 2.37. The number of carboxylic acid groups (broad SMARTS) is 1. The van der Waals surface area contributed by atoms with E-state index in [4.69, 9.17) is 9.84 Å². The molecule has 0 atom stereocenters. The molecule has 9 nitrogen and oxygen atoms in total. The summed E-state index contributed by atoms with van der Waals surface area (Å²) in [4.78, 5) is 36.1. The first-order valence-corrected chi connectivity index (χ1v) is 10.5. The van der Waals surface area contributed by atoms with E-state index < -0.39 is 22.0 Å². The van der Waals surface area contributed by atoms with Crippen LogP contribution in [0, 0.1) is 0 Å². The van der Waals surface area contributed by atoms with E-state index in [1.807, 2.05) is 13.8 Å². The third-order valence-corrected chi connectivity index (χ3v) is 5.17. The lowest BCUT2D eigenvalue weighted by atomic mass is 10.2. The van der Waals surface area contributed by atoms with E-state index >= 15 is 0 Å². The number of aromatic carboxylic acids is 1. The maximum Gasteiger partial charge on any atom is 0.335 e. The third-order valence-electron chi connectivity index (χ3n) is 3.71. The fourth-order valence-corrected chi connectivity index (χ4v) is 3.45. The predicted octanol–water partition coefficient (Wildman–Crippen LogP) is 1.25. The van der Waals surface area contributed by atoms with Gasteiger partial charge in [0.2, 0.25) is 10.0 Å². The molecule has 1 amide bonds. The Balaban J connectivity index is 2.50.